The molecule has 0 saturated heterocycles. The van der Waals surface area contributed by atoms with Crippen molar-refractivity contribution in [3.8, 4) is 0 Å². The van der Waals surface area contributed by atoms with E-state index in [1.54, 1.807) is 6.07 Å². The van der Waals surface area contributed by atoms with Gasteiger partial charge in [-0.05, 0) is 31.9 Å². The maximum Gasteiger partial charge on any atom is 0.133 e. The van der Waals surface area contributed by atoms with Crippen LogP contribution in [-0.4, -0.2) is 17.5 Å². The van der Waals surface area contributed by atoms with E-state index in [9.17, 15) is 9.18 Å². The van der Waals surface area contributed by atoms with E-state index < -0.39 is 5.82 Å². The number of Topliss-reactive ketones (excluding diaryl/α,β-unsaturated/α-hetero) is 1. The van der Waals surface area contributed by atoms with Gasteiger partial charge in [0.25, 0.3) is 0 Å². The Hall–Kier alpha value is -0.930. The fraction of sp³-hybridized carbons (Fsp3) is 0.417. The van der Waals surface area contributed by atoms with Crippen LogP contribution in [0.4, 0.5) is 4.39 Å². The van der Waals surface area contributed by atoms with E-state index >= 15 is 0 Å². The Kier molecular flexibility index (Phi) is 4.90. The zero-order valence-electron chi connectivity index (χ0n) is 9.04. The van der Waals surface area contributed by atoms with Crippen LogP contribution in [0.2, 0.25) is 5.02 Å². The molecule has 0 aliphatic heterocycles. The van der Waals surface area contributed by atoms with Crippen molar-refractivity contribution in [3.63, 3.8) is 0 Å². The molecule has 1 N–H and O–H groups in total. The van der Waals surface area contributed by atoms with Crippen LogP contribution >= 0.6 is 11.6 Å². The molecule has 2 nitrogen and oxygen atoms in total. The van der Waals surface area contributed by atoms with Crippen LogP contribution in [0.25, 0.3) is 0 Å². The fourth-order valence-electron chi connectivity index (χ4n) is 1.58. The first kappa shape index (κ1) is 13.1. The number of aliphatic hydroxyl groups excluding tert-OH is 1. The summed E-state index contributed by atoms with van der Waals surface area (Å²) in [7, 11) is 0. The summed E-state index contributed by atoms with van der Waals surface area (Å²) in [6, 6.07) is 4.43. The molecule has 4 heteroatoms. The molecule has 0 aliphatic rings. The second-order valence-electron chi connectivity index (χ2n) is 3.72. The van der Waals surface area contributed by atoms with Crippen molar-refractivity contribution in [2.75, 3.05) is 6.61 Å². The second kappa shape index (κ2) is 5.97. The first-order valence-corrected chi connectivity index (χ1v) is 5.48. The average Bonchev–Trinajstić information content (AvgIpc) is 2.21. The lowest BCUT2D eigenvalue weighted by Gasteiger charge is -2.13. The first-order chi connectivity index (χ1) is 7.56. The zero-order chi connectivity index (χ0) is 12.1. The molecule has 88 valence electrons. The van der Waals surface area contributed by atoms with Crippen LogP contribution in [-0.2, 0) is 11.2 Å². The molecule has 0 aliphatic carbocycles. The number of hydrogen-bond donors (Lipinski definition) is 1. The SMILES string of the molecule is CC(=O)C(CCO)Cc1c(F)cccc1Cl. The lowest BCUT2D eigenvalue weighted by molar-refractivity contribution is -0.121. The highest BCUT2D eigenvalue weighted by atomic mass is 35.5. The van der Waals surface area contributed by atoms with Gasteiger partial charge in [-0.2, -0.15) is 0 Å². The molecule has 0 aromatic heterocycles. The van der Waals surface area contributed by atoms with Gasteiger partial charge in [0, 0.05) is 23.1 Å². The maximum atomic E-state index is 13.5. The summed E-state index contributed by atoms with van der Waals surface area (Å²) in [5.41, 5.74) is 0.345. The fourth-order valence-corrected chi connectivity index (χ4v) is 1.82. The number of rotatable bonds is 5. The highest BCUT2D eigenvalue weighted by Gasteiger charge is 2.18. The molecule has 0 radical (unpaired) electrons. The van der Waals surface area contributed by atoms with Crippen LogP contribution in [0.5, 0.6) is 0 Å². The van der Waals surface area contributed by atoms with Crippen molar-refractivity contribution in [3.05, 3.63) is 34.6 Å². The third-order valence-electron chi connectivity index (χ3n) is 2.56. The third-order valence-corrected chi connectivity index (χ3v) is 2.92. The summed E-state index contributed by atoms with van der Waals surface area (Å²) in [6.45, 7) is 1.35. The minimum absolute atomic E-state index is 0.0617. The molecule has 1 aromatic carbocycles. The van der Waals surface area contributed by atoms with Gasteiger partial charge >= 0.3 is 0 Å². The van der Waals surface area contributed by atoms with Crippen molar-refractivity contribution in [2.45, 2.75) is 19.8 Å². The largest absolute Gasteiger partial charge is 0.396 e. The standard InChI is InChI=1S/C12H14ClFO2/c1-8(16)9(5-6-15)7-10-11(13)3-2-4-12(10)14/h2-4,9,15H,5-7H2,1H3. The molecule has 0 heterocycles. The molecule has 16 heavy (non-hydrogen) atoms. The smallest absolute Gasteiger partial charge is 0.133 e. The normalized spacial score (nSPS) is 12.5. The van der Waals surface area contributed by atoms with E-state index in [2.05, 4.69) is 0 Å². The summed E-state index contributed by atoms with van der Waals surface area (Å²) >= 11 is 5.86. The minimum Gasteiger partial charge on any atom is -0.396 e. The number of halogens is 2. The Morgan fingerprint density at radius 3 is 2.75 bits per heavy atom. The summed E-state index contributed by atoms with van der Waals surface area (Å²) in [5, 5.41) is 9.15. The Balaban J connectivity index is 2.89. The van der Waals surface area contributed by atoms with Gasteiger partial charge in [0.05, 0.1) is 0 Å². The van der Waals surface area contributed by atoms with Crippen LogP contribution in [0.1, 0.15) is 18.9 Å². The Morgan fingerprint density at radius 2 is 2.25 bits per heavy atom. The third kappa shape index (κ3) is 3.29. The number of carbonyl (C=O) groups is 1. The number of aliphatic hydroxyl groups is 1. The van der Waals surface area contributed by atoms with E-state index in [4.69, 9.17) is 16.7 Å². The highest BCUT2D eigenvalue weighted by molar-refractivity contribution is 6.31. The topological polar surface area (TPSA) is 37.3 Å². The Bertz CT molecular complexity index is 359. The van der Waals surface area contributed by atoms with E-state index in [1.165, 1.54) is 19.1 Å². The van der Waals surface area contributed by atoms with Crippen molar-refractivity contribution < 1.29 is 14.3 Å². The number of carbonyl (C=O) groups excluding carboxylic acids is 1. The van der Waals surface area contributed by atoms with Crippen LogP contribution in [0.15, 0.2) is 18.2 Å². The number of benzene rings is 1. The van der Waals surface area contributed by atoms with Crippen LogP contribution in [0.3, 0.4) is 0 Å². The van der Waals surface area contributed by atoms with Crippen molar-refractivity contribution >= 4 is 17.4 Å². The first-order valence-electron chi connectivity index (χ1n) is 5.10. The van der Waals surface area contributed by atoms with Crippen molar-refractivity contribution in [2.24, 2.45) is 5.92 Å². The van der Waals surface area contributed by atoms with Gasteiger partial charge in [-0.3, -0.25) is 4.79 Å². The molecule has 0 fully saturated rings. The molecule has 0 bridgehead atoms. The molecule has 1 atom stereocenters. The summed E-state index contributed by atoms with van der Waals surface area (Å²) < 4.78 is 13.5. The van der Waals surface area contributed by atoms with E-state index in [0.29, 0.717) is 17.0 Å². The molecule has 1 rings (SSSR count). The summed E-state index contributed by atoms with van der Waals surface area (Å²) in [6.07, 6.45) is 0.571. The van der Waals surface area contributed by atoms with Gasteiger partial charge in [-0.15, -0.1) is 0 Å². The van der Waals surface area contributed by atoms with Gasteiger partial charge < -0.3 is 5.11 Å². The molecule has 1 unspecified atom stereocenters. The predicted octanol–water partition coefficient (Wildman–Crippen LogP) is 2.61. The van der Waals surface area contributed by atoms with Gasteiger partial charge in [0.1, 0.15) is 11.6 Å². The van der Waals surface area contributed by atoms with Gasteiger partial charge in [-0.25, -0.2) is 4.39 Å². The highest BCUT2D eigenvalue weighted by Crippen LogP contribution is 2.23. The monoisotopic (exact) mass is 244 g/mol. The minimum atomic E-state index is -0.406. The van der Waals surface area contributed by atoms with E-state index in [-0.39, 0.29) is 24.7 Å². The van der Waals surface area contributed by atoms with Gasteiger partial charge in [0.2, 0.25) is 0 Å². The molecule has 0 amide bonds. The number of ketones is 1. The van der Waals surface area contributed by atoms with E-state index in [0.717, 1.165) is 0 Å². The Labute approximate surface area is 99.0 Å². The summed E-state index contributed by atoms with van der Waals surface area (Å²) in [4.78, 5) is 11.3. The Morgan fingerprint density at radius 1 is 1.56 bits per heavy atom. The molecule has 1 aromatic rings. The molecule has 0 saturated carbocycles. The van der Waals surface area contributed by atoms with Crippen LogP contribution in [0, 0.1) is 11.7 Å². The van der Waals surface area contributed by atoms with Crippen molar-refractivity contribution in [1.82, 2.24) is 0 Å². The average molecular weight is 245 g/mol. The second-order valence-corrected chi connectivity index (χ2v) is 4.13. The quantitative estimate of drug-likeness (QED) is 0.865. The molecule has 0 spiro atoms. The lowest BCUT2D eigenvalue weighted by atomic mass is 9.93. The van der Waals surface area contributed by atoms with E-state index in [1.807, 2.05) is 0 Å². The molecular weight excluding hydrogens is 231 g/mol. The van der Waals surface area contributed by atoms with Crippen LogP contribution < -0.4 is 0 Å². The number of hydrogen-bond acceptors (Lipinski definition) is 2. The molecular formula is C12H14ClFO2. The van der Waals surface area contributed by atoms with Crippen molar-refractivity contribution in [1.29, 1.82) is 0 Å². The predicted molar refractivity (Wildman–Crippen MR) is 61.0 cm³/mol. The van der Waals surface area contributed by atoms with Gasteiger partial charge in [-0.1, -0.05) is 17.7 Å². The maximum absolute atomic E-state index is 13.5. The zero-order valence-corrected chi connectivity index (χ0v) is 9.80. The lowest BCUT2D eigenvalue weighted by Crippen LogP contribution is -2.16. The summed E-state index contributed by atoms with van der Waals surface area (Å²) in [5.74, 6) is -0.843. The van der Waals surface area contributed by atoms with Gasteiger partial charge in [0.15, 0.2) is 0 Å².